The molecule has 19 heavy (non-hydrogen) atoms. The van der Waals surface area contributed by atoms with E-state index in [0.717, 1.165) is 0 Å². The number of hydrogen-bond donors (Lipinski definition) is 1. The number of fused-ring (bicyclic) bond motifs is 1. The molecule has 0 aliphatic carbocycles. The van der Waals surface area contributed by atoms with E-state index in [2.05, 4.69) is 20.6 Å². The molecule has 0 bridgehead atoms. The topological polar surface area (TPSA) is 72.2 Å². The average molecular weight is 294 g/mol. The minimum absolute atomic E-state index is 0.237. The number of nitrogens with zero attached hydrogens (tertiary/aromatic N) is 4. The fourth-order valence-corrected chi connectivity index (χ4v) is 2.44. The number of nitrogens with one attached hydrogen (secondary N) is 1. The first kappa shape index (κ1) is 12.1. The van der Waals surface area contributed by atoms with Crippen LogP contribution in [-0.2, 0) is 0 Å². The van der Waals surface area contributed by atoms with Crippen molar-refractivity contribution in [2.75, 3.05) is 5.32 Å². The van der Waals surface area contributed by atoms with Gasteiger partial charge in [-0.25, -0.2) is 0 Å². The molecule has 8 heteroatoms. The van der Waals surface area contributed by atoms with Gasteiger partial charge in [0.15, 0.2) is 5.82 Å². The molecule has 6 nitrogen and oxygen atoms in total. The summed E-state index contributed by atoms with van der Waals surface area (Å²) in [6, 6.07) is 6.64. The molecule has 2 heterocycles. The molecule has 3 rings (SSSR count). The van der Waals surface area contributed by atoms with E-state index in [1.807, 2.05) is 0 Å². The smallest absolute Gasteiger partial charge is 0.257 e. The molecule has 3 aromatic rings. The van der Waals surface area contributed by atoms with Crippen molar-refractivity contribution in [2.24, 2.45) is 0 Å². The molecule has 0 atom stereocenters. The van der Waals surface area contributed by atoms with E-state index in [0.29, 0.717) is 26.5 Å². The van der Waals surface area contributed by atoms with Crippen LogP contribution in [0, 0.1) is 6.92 Å². The molecule has 0 saturated heterocycles. The Bertz CT molecular complexity index is 748. The van der Waals surface area contributed by atoms with Crippen LogP contribution in [0.5, 0.6) is 0 Å². The van der Waals surface area contributed by atoms with E-state index >= 15 is 0 Å². The lowest BCUT2D eigenvalue weighted by molar-refractivity contribution is 0.102. The molecule has 0 saturated carbocycles. The number of carbonyl (C=O) groups excluding carboxylic acids is 1. The summed E-state index contributed by atoms with van der Waals surface area (Å²) in [6.45, 7) is 1.80. The maximum Gasteiger partial charge on any atom is 0.257 e. The summed E-state index contributed by atoms with van der Waals surface area (Å²) >= 11 is 7.04. The van der Waals surface area contributed by atoms with Gasteiger partial charge in [-0.15, -0.1) is 15.3 Å². The van der Waals surface area contributed by atoms with Gasteiger partial charge >= 0.3 is 0 Å². The van der Waals surface area contributed by atoms with Gasteiger partial charge in [0.05, 0.1) is 0 Å². The Kier molecular flexibility index (Phi) is 2.92. The first-order chi connectivity index (χ1) is 9.13. The highest BCUT2D eigenvalue weighted by atomic mass is 35.5. The first-order valence-corrected chi connectivity index (χ1v) is 6.59. The van der Waals surface area contributed by atoms with Crippen molar-refractivity contribution < 1.29 is 4.79 Å². The predicted molar refractivity (Wildman–Crippen MR) is 72.8 cm³/mol. The second kappa shape index (κ2) is 4.60. The third-order valence-electron chi connectivity index (χ3n) is 2.47. The largest absolute Gasteiger partial charge is 0.296 e. The van der Waals surface area contributed by atoms with Gasteiger partial charge in [-0.2, -0.15) is 4.52 Å². The van der Waals surface area contributed by atoms with Crippen LogP contribution in [0.25, 0.3) is 4.96 Å². The lowest BCUT2D eigenvalue weighted by Gasteiger charge is -2.00. The predicted octanol–water partition coefficient (Wildman–Crippen LogP) is 2.40. The normalized spacial score (nSPS) is 10.8. The van der Waals surface area contributed by atoms with E-state index < -0.39 is 0 Å². The van der Waals surface area contributed by atoms with Gasteiger partial charge in [0.25, 0.3) is 5.91 Å². The highest BCUT2D eigenvalue weighted by Gasteiger charge is 2.12. The maximum absolute atomic E-state index is 12.0. The second-order valence-electron chi connectivity index (χ2n) is 3.81. The zero-order valence-corrected chi connectivity index (χ0v) is 11.4. The molecule has 1 aromatic carbocycles. The molecule has 96 valence electrons. The molecule has 0 unspecified atom stereocenters. The fraction of sp³-hybridized carbons (Fsp3) is 0.0909. The Morgan fingerprint density at radius 1 is 1.32 bits per heavy atom. The van der Waals surface area contributed by atoms with Gasteiger partial charge in [-0.1, -0.05) is 22.9 Å². The molecule has 0 fully saturated rings. The Hall–Kier alpha value is -1.99. The summed E-state index contributed by atoms with van der Waals surface area (Å²) in [4.78, 5) is 12.6. The molecular formula is C11H8ClN5OS. The fourth-order valence-electron chi connectivity index (χ4n) is 1.54. The van der Waals surface area contributed by atoms with E-state index in [9.17, 15) is 4.79 Å². The summed E-state index contributed by atoms with van der Waals surface area (Å²) in [5.74, 6) is 0.442. The van der Waals surface area contributed by atoms with Crippen LogP contribution in [0.15, 0.2) is 24.3 Å². The van der Waals surface area contributed by atoms with Crippen LogP contribution in [0.1, 0.15) is 16.2 Å². The van der Waals surface area contributed by atoms with Crippen molar-refractivity contribution in [1.82, 2.24) is 19.8 Å². The van der Waals surface area contributed by atoms with E-state index in [-0.39, 0.29) is 5.91 Å². The van der Waals surface area contributed by atoms with E-state index in [1.54, 1.807) is 35.7 Å². The summed E-state index contributed by atoms with van der Waals surface area (Å²) < 4.78 is 1.59. The van der Waals surface area contributed by atoms with Crippen LogP contribution in [0.4, 0.5) is 5.13 Å². The zero-order valence-electron chi connectivity index (χ0n) is 9.79. The van der Waals surface area contributed by atoms with Crippen molar-refractivity contribution in [2.45, 2.75) is 6.92 Å². The number of anilines is 1. The number of aryl methyl sites for hydroxylation is 1. The third-order valence-corrected chi connectivity index (χ3v) is 3.54. The molecule has 0 aliphatic rings. The van der Waals surface area contributed by atoms with Gasteiger partial charge in [0, 0.05) is 10.6 Å². The maximum atomic E-state index is 12.0. The van der Waals surface area contributed by atoms with Gasteiger partial charge in [-0.05, 0) is 31.2 Å². The van der Waals surface area contributed by atoms with Crippen LogP contribution < -0.4 is 5.32 Å². The standard InChI is InChI=1S/C11H8ClN5OS/c1-6-14-15-11-17(6)16-10(19-11)13-9(18)7-2-4-8(12)5-3-7/h2-5H,1H3,(H,13,16,18). The molecule has 0 spiro atoms. The second-order valence-corrected chi connectivity index (χ2v) is 5.20. The number of aromatic nitrogens is 4. The number of halogens is 1. The summed E-state index contributed by atoms with van der Waals surface area (Å²) in [5.41, 5.74) is 0.520. The minimum Gasteiger partial charge on any atom is -0.296 e. The molecule has 0 radical (unpaired) electrons. The van der Waals surface area contributed by atoms with Crippen LogP contribution in [-0.4, -0.2) is 25.7 Å². The van der Waals surface area contributed by atoms with Crippen molar-refractivity contribution in [3.8, 4) is 0 Å². The molecule has 1 amide bonds. The quantitative estimate of drug-likeness (QED) is 0.787. The van der Waals surface area contributed by atoms with Crippen molar-refractivity contribution >= 4 is 38.9 Å². The average Bonchev–Trinajstić information content (AvgIpc) is 2.93. The molecule has 2 aromatic heterocycles. The van der Waals surface area contributed by atoms with Crippen molar-refractivity contribution in [3.05, 3.63) is 40.7 Å². The number of hydrogen-bond acceptors (Lipinski definition) is 5. The Labute approximate surface area is 117 Å². The molecule has 0 aliphatic heterocycles. The van der Waals surface area contributed by atoms with Gasteiger partial charge in [0.2, 0.25) is 10.1 Å². The van der Waals surface area contributed by atoms with Crippen molar-refractivity contribution in [3.63, 3.8) is 0 Å². The SMILES string of the molecule is Cc1nnc2sc(NC(=O)c3ccc(Cl)cc3)nn12. The summed E-state index contributed by atoms with van der Waals surface area (Å²) in [7, 11) is 0. The van der Waals surface area contributed by atoms with Crippen LogP contribution >= 0.6 is 22.9 Å². The minimum atomic E-state index is -0.237. The summed E-state index contributed by atoms with van der Waals surface area (Å²) in [6.07, 6.45) is 0. The zero-order chi connectivity index (χ0) is 13.4. The highest BCUT2D eigenvalue weighted by Crippen LogP contribution is 2.19. The van der Waals surface area contributed by atoms with E-state index in [4.69, 9.17) is 11.6 Å². The first-order valence-electron chi connectivity index (χ1n) is 5.39. The van der Waals surface area contributed by atoms with Crippen molar-refractivity contribution in [1.29, 1.82) is 0 Å². The van der Waals surface area contributed by atoms with Gasteiger partial charge in [0.1, 0.15) is 0 Å². The van der Waals surface area contributed by atoms with Crippen LogP contribution in [0.2, 0.25) is 5.02 Å². The number of benzene rings is 1. The summed E-state index contributed by atoms with van der Waals surface area (Å²) in [5, 5.41) is 15.8. The Balaban J connectivity index is 1.84. The lowest BCUT2D eigenvalue weighted by Crippen LogP contribution is -2.11. The van der Waals surface area contributed by atoms with E-state index in [1.165, 1.54) is 11.3 Å². The van der Waals surface area contributed by atoms with Crippen LogP contribution in [0.3, 0.4) is 0 Å². The van der Waals surface area contributed by atoms with Gasteiger partial charge in [-0.3, -0.25) is 10.1 Å². The monoisotopic (exact) mass is 293 g/mol. The number of carbonyl (C=O) groups is 1. The Morgan fingerprint density at radius 2 is 2.05 bits per heavy atom. The highest BCUT2D eigenvalue weighted by molar-refractivity contribution is 7.20. The van der Waals surface area contributed by atoms with Gasteiger partial charge < -0.3 is 0 Å². The number of rotatable bonds is 2. The Morgan fingerprint density at radius 3 is 2.74 bits per heavy atom. The third kappa shape index (κ3) is 2.29. The molecular weight excluding hydrogens is 286 g/mol. The molecule has 1 N–H and O–H groups in total. The lowest BCUT2D eigenvalue weighted by atomic mass is 10.2. The number of amides is 1.